The van der Waals surface area contributed by atoms with Crippen LogP contribution in [0.3, 0.4) is 0 Å². The predicted octanol–water partition coefficient (Wildman–Crippen LogP) is 4.59. The van der Waals surface area contributed by atoms with Crippen LogP contribution < -0.4 is 0 Å². The molecule has 1 heteroatoms. The van der Waals surface area contributed by atoms with Gasteiger partial charge in [0.15, 0.2) is 0 Å². The standard InChI is InChI=1S/C20H23N/c1-16-7-6-8-17(2)20(16)19-11-13-21(14-12-19)15-18-9-4-3-5-10-18/h3-11H,12-15H2,1-2H3. The van der Waals surface area contributed by atoms with Crippen molar-refractivity contribution in [2.24, 2.45) is 0 Å². The fraction of sp³-hybridized carbons (Fsp3) is 0.300. The number of hydrogen-bond acceptors (Lipinski definition) is 1. The van der Waals surface area contributed by atoms with Crippen LogP contribution in [0.2, 0.25) is 0 Å². The van der Waals surface area contributed by atoms with E-state index < -0.39 is 0 Å². The van der Waals surface area contributed by atoms with E-state index in [1.807, 2.05) is 0 Å². The van der Waals surface area contributed by atoms with Crippen molar-refractivity contribution in [1.82, 2.24) is 4.90 Å². The van der Waals surface area contributed by atoms with Crippen molar-refractivity contribution in [1.29, 1.82) is 0 Å². The maximum Gasteiger partial charge on any atom is 0.0237 e. The molecule has 1 nitrogen and oxygen atoms in total. The van der Waals surface area contributed by atoms with Gasteiger partial charge in [0.1, 0.15) is 0 Å². The Hall–Kier alpha value is -1.86. The third-order valence-corrected chi connectivity index (χ3v) is 4.34. The maximum absolute atomic E-state index is 2.52. The quantitative estimate of drug-likeness (QED) is 0.793. The lowest BCUT2D eigenvalue weighted by Crippen LogP contribution is -2.28. The fourth-order valence-corrected chi connectivity index (χ4v) is 3.24. The Bertz CT molecular complexity index is 620. The zero-order valence-electron chi connectivity index (χ0n) is 13.0. The van der Waals surface area contributed by atoms with E-state index >= 15 is 0 Å². The number of hydrogen-bond donors (Lipinski definition) is 0. The van der Waals surface area contributed by atoms with Gasteiger partial charge in [-0.05, 0) is 48.1 Å². The summed E-state index contributed by atoms with van der Waals surface area (Å²) in [6.07, 6.45) is 3.57. The van der Waals surface area contributed by atoms with Gasteiger partial charge >= 0.3 is 0 Å². The Morgan fingerprint density at radius 3 is 2.24 bits per heavy atom. The molecule has 2 aromatic carbocycles. The molecule has 0 amide bonds. The number of aryl methyl sites for hydroxylation is 2. The zero-order valence-corrected chi connectivity index (χ0v) is 13.0. The van der Waals surface area contributed by atoms with Gasteiger partial charge in [-0.25, -0.2) is 0 Å². The molecule has 0 spiro atoms. The van der Waals surface area contributed by atoms with E-state index in [9.17, 15) is 0 Å². The summed E-state index contributed by atoms with van der Waals surface area (Å²) in [5, 5.41) is 0. The summed E-state index contributed by atoms with van der Waals surface area (Å²) < 4.78 is 0. The monoisotopic (exact) mass is 277 g/mol. The third-order valence-electron chi connectivity index (χ3n) is 4.34. The van der Waals surface area contributed by atoms with Crippen LogP contribution in [0, 0.1) is 13.8 Å². The van der Waals surface area contributed by atoms with Gasteiger partial charge in [-0.1, -0.05) is 54.6 Å². The Morgan fingerprint density at radius 1 is 0.905 bits per heavy atom. The Kier molecular flexibility index (Phi) is 4.21. The summed E-state index contributed by atoms with van der Waals surface area (Å²) in [5.74, 6) is 0. The molecule has 0 bridgehead atoms. The highest BCUT2D eigenvalue weighted by molar-refractivity contribution is 5.71. The fourth-order valence-electron chi connectivity index (χ4n) is 3.24. The van der Waals surface area contributed by atoms with Gasteiger partial charge < -0.3 is 0 Å². The van der Waals surface area contributed by atoms with Crippen molar-refractivity contribution in [3.63, 3.8) is 0 Å². The van der Waals surface area contributed by atoms with Gasteiger partial charge in [-0.3, -0.25) is 4.90 Å². The number of rotatable bonds is 3. The van der Waals surface area contributed by atoms with Crippen LogP contribution in [0.15, 0.2) is 54.6 Å². The highest BCUT2D eigenvalue weighted by atomic mass is 15.1. The first-order valence-corrected chi connectivity index (χ1v) is 7.76. The largest absolute Gasteiger partial charge is 0.295 e. The molecule has 0 aliphatic carbocycles. The van der Waals surface area contributed by atoms with Crippen LogP contribution in [-0.2, 0) is 6.54 Å². The first-order chi connectivity index (χ1) is 10.2. The Morgan fingerprint density at radius 2 is 1.62 bits per heavy atom. The van der Waals surface area contributed by atoms with E-state index in [-0.39, 0.29) is 0 Å². The molecular weight excluding hydrogens is 254 g/mol. The summed E-state index contributed by atoms with van der Waals surface area (Å²) in [6.45, 7) is 7.70. The number of benzene rings is 2. The van der Waals surface area contributed by atoms with Gasteiger partial charge in [0.05, 0.1) is 0 Å². The molecule has 2 aromatic rings. The van der Waals surface area contributed by atoms with Crippen molar-refractivity contribution in [3.05, 3.63) is 76.9 Å². The SMILES string of the molecule is Cc1cccc(C)c1C1=CCN(Cc2ccccc2)CC1. The van der Waals surface area contributed by atoms with Crippen LogP contribution in [0.25, 0.3) is 5.57 Å². The molecular formula is C20H23N. The predicted molar refractivity (Wildman–Crippen MR) is 90.2 cm³/mol. The van der Waals surface area contributed by atoms with Crippen molar-refractivity contribution >= 4 is 5.57 Å². The minimum atomic E-state index is 1.05. The summed E-state index contributed by atoms with van der Waals surface area (Å²) in [7, 11) is 0. The minimum absolute atomic E-state index is 1.05. The Labute approximate surface area is 127 Å². The van der Waals surface area contributed by atoms with Gasteiger partial charge in [0.25, 0.3) is 0 Å². The van der Waals surface area contributed by atoms with Crippen molar-refractivity contribution < 1.29 is 0 Å². The van der Waals surface area contributed by atoms with Crippen LogP contribution in [0.4, 0.5) is 0 Å². The van der Waals surface area contributed by atoms with E-state index in [1.165, 1.54) is 27.8 Å². The van der Waals surface area contributed by atoms with Crippen LogP contribution in [-0.4, -0.2) is 18.0 Å². The molecule has 0 radical (unpaired) electrons. The lowest BCUT2D eigenvalue weighted by Gasteiger charge is -2.27. The summed E-state index contributed by atoms with van der Waals surface area (Å²) in [5.41, 5.74) is 7.20. The lowest BCUT2D eigenvalue weighted by molar-refractivity contribution is 0.294. The molecule has 1 aliphatic heterocycles. The molecule has 0 fully saturated rings. The molecule has 0 aromatic heterocycles. The van der Waals surface area contributed by atoms with Gasteiger partial charge in [-0.15, -0.1) is 0 Å². The molecule has 0 atom stereocenters. The van der Waals surface area contributed by atoms with Gasteiger partial charge in [-0.2, -0.15) is 0 Å². The zero-order chi connectivity index (χ0) is 14.7. The molecule has 1 aliphatic rings. The minimum Gasteiger partial charge on any atom is -0.295 e. The molecule has 3 rings (SSSR count). The van der Waals surface area contributed by atoms with Crippen molar-refractivity contribution in [2.75, 3.05) is 13.1 Å². The molecule has 1 heterocycles. The van der Waals surface area contributed by atoms with Gasteiger partial charge in [0.2, 0.25) is 0 Å². The van der Waals surface area contributed by atoms with Crippen molar-refractivity contribution in [2.45, 2.75) is 26.8 Å². The molecule has 21 heavy (non-hydrogen) atoms. The second-order valence-electron chi connectivity index (χ2n) is 5.97. The molecule has 0 saturated carbocycles. The molecule has 0 N–H and O–H groups in total. The van der Waals surface area contributed by atoms with Gasteiger partial charge in [0, 0.05) is 19.6 Å². The maximum atomic E-state index is 2.52. The smallest absolute Gasteiger partial charge is 0.0237 e. The third kappa shape index (κ3) is 3.25. The number of nitrogens with zero attached hydrogens (tertiary/aromatic N) is 1. The molecule has 0 saturated heterocycles. The van der Waals surface area contributed by atoms with E-state index in [4.69, 9.17) is 0 Å². The van der Waals surface area contributed by atoms with Crippen molar-refractivity contribution in [3.8, 4) is 0 Å². The summed E-state index contributed by atoms with van der Waals surface area (Å²) in [4.78, 5) is 2.52. The first-order valence-electron chi connectivity index (χ1n) is 7.76. The second kappa shape index (κ2) is 6.28. The average molecular weight is 277 g/mol. The van der Waals surface area contributed by atoms with Crippen LogP contribution in [0.1, 0.15) is 28.7 Å². The van der Waals surface area contributed by atoms with E-state index in [0.29, 0.717) is 0 Å². The summed E-state index contributed by atoms with van der Waals surface area (Å²) >= 11 is 0. The lowest BCUT2D eigenvalue weighted by atomic mass is 9.92. The van der Waals surface area contributed by atoms with Crippen LogP contribution in [0.5, 0.6) is 0 Å². The molecule has 108 valence electrons. The van der Waals surface area contributed by atoms with E-state index in [2.05, 4.69) is 73.4 Å². The Balaban J connectivity index is 1.72. The topological polar surface area (TPSA) is 3.24 Å². The average Bonchev–Trinajstić information content (AvgIpc) is 2.50. The highest BCUT2D eigenvalue weighted by Crippen LogP contribution is 2.28. The van der Waals surface area contributed by atoms with E-state index in [1.54, 1.807) is 0 Å². The van der Waals surface area contributed by atoms with E-state index in [0.717, 1.165) is 26.1 Å². The highest BCUT2D eigenvalue weighted by Gasteiger charge is 2.15. The second-order valence-corrected chi connectivity index (χ2v) is 5.97. The normalized spacial score (nSPS) is 15.8. The van der Waals surface area contributed by atoms with Crippen LogP contribution >= 0.6 is 0 Å². The molecule has 0 unspecified atom stereocenters. The first kappa shape index (κ1) is 14.1. The summed E-state index contributed by atoms with van der Waals surface area (Å²) in [6, 6.07) is 17.3.